The summed E-state index contributed by atoms with van der Waals surface area (Å²) in [6.07, 6.45) is 7.07. The van der Waals surface area contributed by atoms with Gasteiger partial charge in [0.1, 0.15) is 6.33 Å². The molecule has 0 aliphatic carbocycles. The molecule has 4 aromatic rings. The highest BCUT2D eigenvalue weighted by Gasteiger charge is 1.92. The lowest BCUT2D eigenvalue weighted by atomic mass is 10.3. The minimum absolute atomic E-state index is 0.619. The third-order valence-electron chi connectivity index (χ3n) is 2.86. The number of hydrazine groups is 1. The molecule has 0 bridgehead atoms. The van der Waals surface area contributed by atoms with Gasteiger partial charge in [-0.05, 0) is 24.3 Å². The number of nitrogens with zero attached hydrogens (tertiary/aromatic N) is 4. The molecule has 9 heteroatoms. The van der Waals surface area contributed by atoms with Crippen LogP contribution in [0.4, 0.5) is 16.4 Å². The molecule has 0 radical (unpaired) electrons. The number of carboxylic acid groups (broad SMARTS) is 1. The second-order valence-corrected chi connectivity index (χ2v) is 5.07. The number of amides is 1. The molecule has 5 N–H and O–H groups in total. The van der Waals surface area contributed by atoms with Crippen LogP contribution >= 0.6 is 0 Å². The first kappa shape index (κ1) is 23.7. The fraction of sp³-hybridized carbons (Fsp3) is 0. The quantitative estimate of drug-likeness (QED) is 0.226. The average molecular weight is 405 g/mol. The molecular formula is C21H23N7O2. The molecule has 154 valence electrons. The first-order chi connectivity index (χ1) is 14.7. The van der Waals surface area contributed by atoms with E-state index < -0.39 is 6.09 Å². The van der Waals surface area contributed by atoms with E-state index >= 15 is 0 Å². The van der Waals surface area contributed by atoms with Gasteiger partial charge in [0.15, 0.2) is 0 Å². The summed E-state index contributed by atoms with van der Waals surface area (Å²) in [6, 6.07) is 25.4. The predicted molar refractivity (Wildman–Crippen MR) is 116 cm³/mol. The molecule has 0 atom stereocenters. The summed E-state index contributed by atoms with van der Waals surface area (Å²) >= 11 is 0. The van der Waals surface area contributed by atoms with Gasteiger partial charge in [-0.3, -0.25) is 5.43 Å². The molecule has 30 heavy (non-hydrogen) atoms. The smallest absolute Gasteiger partial charge is 0.418 e. The molecule has 0 aliphatic rings. The zero-order chi connectivity index (χ0) is 21.7. The summed E-state index contributed by atoms with van der Waals surface area (Å²) in [5, 5.41) is 10.6. The zero-order valence-electron chi connectivity index (χ0n) is 16.1. The summed E-state index contributed by atoms with van der Waals surface area (Å²) < 4.78 is 0. The molecule has 4 rings (SSSR count). The summed E-state index contributed by atoms with van der Waals surface area (Å²) in [5.41, 5.74) is 2.44. The molecule has 0 unspecified atom stereocenters. The number of anilines is 2. The summed E-state index contributed by atoms with van der Waals surface area (Å²) in [6.45, 7) is 0. The van der Waals surface area contributed by atoms with Crippen LogP contribution in [0.15, 0.2) is 110 Å². The Kier molecular flexibility index (Phi) is 13.2. The Morgan fingerprint density at radius 3 is 1.53 bits per heavy atom. The highest BCUT2D eigenvalue weighted by atomic mass is 16.4. The second kappa shape index (κ2) is 16.8. The maximum Gasteiger partial charge on any atom is 0.418 e. The third kappa shape index (κ3) is 13.8. The molecule has 0 fully saturated rings. The van der Waals surface area contributed by atoms with Crippen molar-refractivity contribution in [2.45, 2.75) is 0 Å². The van der Waals surface area contributed by atoms with E-state index in [9.17, 15) is 0 Å². The largest absolute Gasteiger partial charge is 0.464 e. The van der Waals surface area contributed by atoms with Crippen molar-refractivity contribution in [3.8, 4) is 0 Å². The standard InChI is InChI=1S/C10H9N3.C6H6.C4H4N2.CH4N2O2/c1-2-5-9(6-3-1)13-10-11-7-4-8-12-10;1-2-4-6-5-3-1;1-2-5-4-6-3-1;2-3-1(4)5/h1-8H,(H,11,12,13);1-6H;1-4H;3H,2H2,(H,4,5). The third-order valence-corrected chi connectivity index (χ3v) is 2.86. The predicted octanol–water partition coefficient (Wildman–Crippen LogP) is 3.51. The lowest BCUT2D eigenvalue weighted by Gasteiger charge is -2.02. The summed E-state index contributed by atoms with van der Waals surface area (Å²) in [7, 11) is 0. The molecule has 2 aromatic carbocycles. The number of hydrogen-bond acceptors (Lipinski definition) is 7. The van der Waals surface area contributed by atoms with Crippen LogP contribution in [0.5, 0.6) is 0 Å². The van der Waals surface area contributed by atoms with Crippen molar-refractivity contribution in [3.05, 3.63) is 110 Å². The molecule has 1 amide bonds. The van der Waals surface area contributed by atoms with Gasteiger partial charge in [-0.25, -0.2) is 30.6 Å². The Morgan fingerprint density at radius 2 is 1.17 bits per heavy atom. The van der Waals surface area contributed by atoms with Crippen LogP contribution in [0.25, 0.3) is 0 Å². The number of rotatable bonds is 2. The SMILES string of the molecule is NNC(=O)O.c1ccc(Nc2ncccn2)cc1.c1ccccc1.c1cncnc1. The molecule has 0 spiro atoms. The number of benzene rings is 2. The Hall–Kier alpha value is -4.37. The molecule has 0 saturated heterocycles. The minimum Gasteiger partial charge on any atom is -0.464 e. The van der Waals surface area contributed by atoms with Crippen molar-refractivity contribution < 1.29 is 9.90 Å². The van der Waals surface area contributed by atoms with Gasteiger partial charge in [-0.2, -0.15) is 0 Å². The topological polar surface area (TPSA) is 139 Å². The lowest BCUT2D eigenvalue weighted by molar-refractivity contribution is 0.194. The van der Waals surface area contributed by atoms with Gasteiger partial charge in [0.2, 0.25) is 5.95 Å². The second-order valence-electron chi connectivity index (χ2n) is 5.07. The van der Waals surface area contributed by atoms with Gasteiger partial charge < -0.3 is 10.4 Å². The molecule has 2 heterocycles. The van der Waals surface area contributed by atoms with E-state index in [0.717, 1.165) is 5.69 Å². The van der Waals surface area contributed by atoms with Crippen LogP contribution in [0.2, 0.25) is 0 Å². The number of hydrogen-bond donors (Lipinski definition) is 4. The van der Waals surface area contributed by atoms with Crippen LogP contribution in [0.3, 0.4) is 0 Å². The number of carbonyl (C=O) groups is 1. The first-order valence-electron chi connectivity index (χ1n) is 8.71. The van der Waals surface area contributed by atoms with E-state index in [1.54, 1.807) is 36.9 Å². The maximum absolute atomic E-state index is 9.13. The molecular weight excluding hydrogens is 382 g/mol. The van der Waals surface area contributed by atoms with E-state index in [2.05, 4.69) is 31.1 Å². The lowest BCUT2D eigenvalue weighted by Crippen LogP contribution is -2.27. The first-order valence-corrected chi connectivity index (χ1v) is 8.71. The highest BCUT2D eigenvalue weighted by Crippen LogP contribution is 2.09. The highest BCUT2D eigenvalue weighted by molar-refractivity contribution is 5.63. The van der Waals surface area contributed by atoms with Gasteiger partial charge in [0, 0.05) is 30.5 Å². The van der Waals surface area contributed by atoms with Gasteiger partial charge in [0.25, 0.3) is 0 Å². The normalized spacial score (nSPS) is 8.43. The Balaban J connectivity index is 0.000000223. The molecule has 0 saturated carbocycles. The van der Waals surface area contributed by atoms with Crippen LogP contribution in [-0.4, -0.2) is 31.1 Å². The van der Waals surface area contributed by atoms with E-state index in [1.165, 1.54) is 11.8 Å². The van der Waals surface area contributed by atoms with Gasteiger partial charge in [-0.15, -0.1) is 0 Å². The van der Waals surface area contributed by atoms with Crippen molar-refractivity contribution >= 4 is 17.7 Å². The van der Waals surface area contributed by atoms with Gasteiger partial charge >= 0.3 is 6.09 Å². The number of nitrogens with one attached hydrogen (secondary N) is 2. The zero-order valence-corrected chi connectivity index (χ0v) is 16.1. The van der Waals surface area contributed by atoms with Crippen molar-refractivity contribution in [2.75, 3.05) is 5.32 Å². The van der Waals surface area contributed by atoms with Crippen LogP contribution < -0.4 is 16.6 Å². The summed E-state index contributed by atoms with van der Waals surface area (Å²) in [5.74, 6) is 4.94. The van der Waals surface area contributed by atoms with Crippen molar-refractivity contribution in [2.24, 2.45) is 5.84 Å². The number of aromatic nitrogens is 4. The van der Waals surface area contributed by atoms with E-state index in [4.69, 9.17) is 9.90 Å². The van der Waals surface area contributed by atoms with E-state index in [0.29, 0.717) is 5.95 Å². The van der Waals surface area contributed by atoms with Crippen LogP contribution in [0, 0.1) is 0 Å². The van der Waals surface area contributed by atoms with Gasteiger partial charge in [-0.1, -0.05) is 54.6 Å². The molecule has 9 nitrogen and oxygen atoms in total. The van der Waals surface area contributed by atoms with Crippen molar-refractivity contribution in [1.29, 1.82) is 0 Å². The van der Waals surface area contributed by atoms with Gasteiger partial charge in [0.05, 0.1) is 0 Å². The van der Waals surface area contributed by atoms with E-state index in [1.807, 2.05) is 66.7 Å². The average Bonchev–Trinajstić information content (AvgIpc) is 2.84. The fourth-order valence-electron chi connectivity index (χ4n) is 1.65. The number of nitrogens with two attached hydrogens (primary N) is 1. The number of para-hydroxylation sites is 1. The Morgan fingerprint density at radius 1 is 0.733 bits per heavy atom. The Bertz CT molecular complexity index is 762. The monoisotopic (exact) mass is 405 g/mol. The van der Waals surface area contributed by atoms with Crippen LogP contribution in [0.1, 0.15) is 0 Å². The van der Waals surface area contributed by atoms with Crippen molar-refractivity contribution in [1.82, 2.24) is 25.4 Å². The van der Waals surface area contributed by atoms with E-state index in [-0.39, 0.29) is 0 Å². The minimum atomic E-state index is -1.22. The molecule has 0 aliphatic heterocycles. The fourth-order valence-corrected chi connectivity index (χ4v) is 1.65. The summed E-state index contributed by atoms with van der Waals surface area (Å²) in [4.78, 5) is 24.6. The maximum atomic E-state index is 9.13. The molecule has 2 aromatic heterocycles. The van der Waals surface area contributed by atoms with Crippen molar-refractivity contribution in [3.63, 3.8) is 0 Å². The Labute approximate surface area is 174 Å². The van der Waals surface area contributed by atoms with Crippen LogP contribution in [-0.2, 0) is 0 Å².